The Kier molecular flexibility index (Phi) is 11.4. The second kappa shape index (κ2) is 11.8. The Labute approximate surface area is 172 Å². The van der Waals surface area contributed by atoms with Gasteiger partial charge in [-0.15, -0.1) is 24.0 Å². The van der Waals surface area contributed by atoms with Gasteiger partial charge in [-0.05, 0) is 46.5 Å². The molecule has 0 aromatic rings. The van der Waals surface area contributed by atoms with Crippen LogP contribution in [-0.2, 0) is 4.74 Å². The van der Waals surface area contributed by atoms with Crippen LogP contribution in [-0.4, -0.2) is 73.7 Å². The average molecular weight is 490 g/mol. The summed E-state index contributed by atoms with van der Waals surface area (Å²) in [6.07, 6.45) is -0.920. The van der Waals surface area contributed by atoms with E-state index in [1.165, 1.54) is 0 Å². The molecule has 0 radical (unpaired) electrons. The highest BCUT2D eigenvalue weighted by atomic mass is 127. The Morgan fingerprint density at radius 1 is 1.35 bits per heavy atom. The zero-order valence-corrected chi connectivity index (χ0v) is 18.8. The number of guanidine groups is 1. The van der Waals surface area contributed by atoms with E-state index in [4.69, 9.17) is 4.74 Å². The summed E-state index contributed by atoms with van der Waals surface area (Å²) < 4.78 is 30.1. The molecule has 0 aromatic carbocycles. The number of rotatable bonds is 5. The van der Waals surface area contributed by atoms with E-state index < -0.39 is 18.6 Å². The van der Waals surface area contributed by atoms with E-state index in [1.54, 1.807) is 11.9 Å². The van der Waals surface area contributed by atoms with Crippen LogP contribution in [0.4, 0.5) is 13.6 Å². The van der Waals surface area contributed by atoms with Gasteiger partial charge in [-0.1, -0.05) is 0 Å². The maximum absolute atomic E-state index is 12.4. The molecule has 1 amide bonds. The third-order valence-corrected chi connectivity index (χ3v) is 4.05. The first-order chi connectivity index (χ1) is 11.7. The van der Waals surface area contributed by atoms with Crippen LogP contribution < -0.4 is 5.32 Å². The van der Waals surface area contributed by atoms with Crippen LogP contribution in [0.5, 0.6) is 0 Å². The van der Waals surface area contributed by atoms with E-state index >= 15 is 0 Å². The maximum Gasteiger partial charge on any atom is 0.410 e. The van der Waals surface area contributed by atoms with Crippen LogP contribution in [0, 0.1) is 5.92 Å². The zero-order chi connectivity index (χ0) is 19.0. The molecule has 9 heteroatoms. The number of halogens is 3. The number of hydrogen-bond donors (Lipinski definition) is 1. The van der Waals surface area contributed by atoms with Crippen molar-refractivity contribution >= 4 is 36.0 Å². The number of nitrogens with one attached hydrogen (secondary N) is 1. The van der Waals surface area contributed by atoms with Crippen LogP contribution in [0.15, 0.2) is 4.99 Å². The van der Waals surface area contributed by atoms with Gasteiger partial charge >= 0.3 is 6.09 Å². The van der Waals surface area contributed by atoms with E-state index in [9.17, 15) is 13.6 Å². The minimum atomic E-state index is -2.40. The third-order valence-electron chi connectivity index (χ3n) is 4.05. The molecule has 1 N–H and O–H groups in total. The molecule has 26 heavy (non-hydrogen) atoms. The Hall–Kier alpha value is -0.870. The largest absolute Gasteiger partial charge is 0.444 e. The topological polar surface area (TPSA) is 57.2 Å². The van der Waals surface area contributed by atoms with Gasteiger partial charge in [0.25, 0.3) is 6.43 Å². The van der Waals surface area contributed by atoms with Crippen LogP contribution >= 0.6 is 24.0 Å². The Bertz CT molecular complexity index is 451. The van der Waals surface area contributed by atoms with E-state index in [1.807, 2.05) is 32.6 Å². The predicted octanol–water partition coefficient (Wildman–Crippen LogP) is 3.41. The van der Waals surface area contributed by atoms with E-state index in [0.29, 0.717) is 25.0 Å². The van der Waals surface area contributed by atoms with Crippen molar-refractivity contribution in [3.8, 4) is 0 Å². The minimum Gasteiger partial charge on any atom is -0.444 e. The summed E-state index contributed by atoms with van der Waals surface area (Å²) in [7, 11) is 1.60. The van der Waals surface area contributed by atoms with Crippen molar-refractivity contribution < 1.29 is 18.3 Å². The van der Waals surface area contributed by atoms with Crippen molar-refractivity contribution in [3.63, 3.8) is 0 Å². The predicted molar refractivity (Wildman–Crippen MR) is 111 cm³/mol. The third kappa shape index (κ3) is 9.18. The van der Waals surface area contributed by atoms with Gasteiger partial charge in [0.05, 0.1) is 6.54 Å². The Morgan fingerprint density at radius 3 is 2.35 bits per heavy atom. The number of aliphatic imine (C=N–C) groups is 1. The Balaban J connectivity index is 0.00000625. The standard InChI is InChI=1S/C17H32F2N4O2.HI/c1-6-22(16(24)25-17(2,3)4)12-13-7-9-23(10-8-13)15(20-5)21-11-14(18)19;/h13-14H,6-12H2,1-5H3,(H,20,21);1H. The van der Waals surface area contributed by atoms with Crippen molar-refractivity contribution in [2.75, 3.05) is 39.8 Å². The van der Waals surface area contributed by atoms with Gasteiger partial charge in [0.2, 0.25) is 0 Å². The molecule has 0 bridgehead atoms. The summed E-state index contributed by atoms with van der Waals surface area (Å²) in [6, 6.07) is 0. The molecule has 6 nitrogen and oxygen atoms in total. The lowest BCUT2D eigenvalue weighted by Gasteiger charge is -2.36. The lowest BCUT2D eigenvalue weighted by molar-refractivity contribution is 0.0214. The van der Waals surface area contributed by atoms with Gasteiger partial charge in [-0.25, -0.2) is 13.6 Å². The minimum absolute atomic E-state index is 0. The fourth-order valence-electron chi connectivity index (χ4n) is 2.80. The molecular formula is C17H33F2IN4O2. The number of carbonyl (C=O) groups excluding carboxylic acids is 1. The highest BCUT2D eigenvalue weighted by Gasteiger charge is 2.27. The van der Waals surface area contributed by atoms with Crippen molar-refractivity contribution in [3.05, 3.63) is 0 Å². The fourth-order valence-corrected chi connectivity index (χ4v) is 2.80. The van der Waals surface area contributed by atoms with Crippen LogP contribution in [0.1, 0.15) is 40.5 Å². The van der Waals surface area contributed by atoms with E-state index in [-0.39, 0.29) is 30.1 Å². The summed E-state index contributed by atoms with van der Waals surface area (Å²) in [4.78, 5) is 20.0. The molecular weight excluding hydrogens is 457 g/mol. The first-order valence-electron chi connectivity index (χ1n) is 8.88. The number of hydrogen-bond acceptors (Lipinski definition) is 3. The number of alkyl halides is 2. The SMILES string of the molecule is CCN(CC1CCN(C(=NC)NCC(F)F)CC1)C(=O)OC(C)(C)C.I. The van der Waals surface area contributed by atoms with Gasteiger partial charge < -0.3 is 19.9 Å². The van der Waals surface area contributed by atoms with Crippen LogP contribution in [0.3, 0.4) is 0 Å². The van der Waals surface area contributed by atoms with Gasteiger partial charge in [-0.2, -0.15) is 0 Å². The normalized spacial score (nSPS) is 16.3. The zero-order valence-electron chi connectivity index (χ0n) is 16.4. The van der Waals surface area contributed by atoms with Crippen LogP contribution in [0.25, 0.3) is 0 Å². The summed E-state index contributed by atoms with van der Waals surface area (Å²) in [5, 5.41) is 2.69. The van der Waals surface area contributed by atoms with Gasteiger partial charge in [0, 0.05) is 33.2 Å². The summed E-state index contributed by atoms with van der Waals surface area (Å²) in [6.45, 7) is 9.84. The first-order valence-corrected chi connectivity index (χ1v) is 8.88. The Morgan fingerprint density at radius 2 is 1.92 bits per heavy atom. The molecule has 0 unspecified atom stereocenters. The average Bonchev–Trinajstić information content (AvgIpc) is 2.52. The first kappa shape index (κ1) is 25.1. The fraction of sp³-hybridized carbons (Fsp3) is 0.882. The molecule has 1 saturated heterocycles. The lowest BCUT2D eigenvalue weighted by atomic mass is 9.96. The number of likely N-dealkylation sites (tertiary alicyclic amines) is 1. The van der Waals surface area contributed by atoms with E-state index in [2.05, 4.69) is 10.3 Å². The lowest BCUT2D eigenvalue weighted by Crippen LogP contribution is -2.48. The molecule has 154 valence electrons. The summed E-state index contributed by atoms with van der Waals surface area (Å²) in [5.41, 5.74) is -0.503. The maximum atomic E-state index is 12.4. The number of carbonyl (C=O) groups is 1. The van der Waals surface area contributed by atoms with Crippen molar-refractivity contribution in [2.24, 2.45) is 10.9 Å². The molecule has 0 aromatic heterocycles. The number of ether oxygens (including phenoxy) is 1. The molecule has 1 rings (SSSR count). The number of piperidine rings is 1. The van der Waals surface area contributed by atoms with E-state index in [0.717, 1.165) is 25.9 Å². The smallest absolute Gasteiger partial charge is 0.410 e. The molecule has 1 aliphatic heterocycles. The summed E-state index contributed by atoms with van der Waals surface area (Å²) in [5.74, 6) is 0.884. The number of nitrogens with zero attached hydrogens (tertiary/aromatic N) is 3. The van der Waals surface area contributed by atoms with Crippen LogP contribution in [0.2, 0.25) is 0 Å². The molecule has 1 fully saturated rings. The van der Waals surface area contributed by atoms with Gasteiger partial charge in [-0.3, -0.25) is 4.99 Å². The van der Waals surface area contributed by atoms with Crippen molar-refractivity contribution in [1.29, 1.82) is 0 Å². The monoisotopic (exact) mass is 490 g/mol. The molecule has 1 aliphatic rings. The van der Waals surface area contributed by atoms with Crippen molar-refractivity contribution in [2.45, 2.75) is 52.6 Å². The highest BCUT2D eigenvalue weighted by Crippen LogP contribution is 2.20. The molecule has 0 aliphatic carbocycles. The second-order valence-electron chi connectivity index (χ2n) is 7.27. The van der Waals surface area contributed by atoms with Gasteiger partial charge in [0.15, 0.2) is 5.96 Å². The molecule has 0 saturated carbocycles. The molecule has 1 heterocycles. The summed E-state index contributed by atoms with van der Waals surface area (Å²) >= 11 is 0. The highest BCUT2D eigenvalue weighted by molar-refractivity contribution is 14.0. The van der Waals surface area contributed by atoms with Gasteiger partial charge in [0.1, 0.15) is 5.60 Å². The second-order valence-corrected chi connectivity index (χ2v) is 7.27. The number of amides is 1. The molecule has 0 atom stereocenters. The van der Waals surface area contributed by atoms with Crippen molar-refractivity contribution in [1.82, 2.24) is 15.1 Å². The molecule has 0 spiro atoms. The quantitative estimate of drug-likeness (QED) is 0.365.